The largest absolute Gasteiger partial charge is 0.448 e. The van der Waals surface area contributed by atoms with Crippen LogP contribution >= 0.6 is 28.1 Å². The SMILES string of the molecule is Fc1c(-c2ccc(Br)o2)[nH]cnc1=S. The summed E-state index contributed by atoms with van der Waals surface area (Å²) in [7, 11) is 0. The molecule has 2 aromatic heterocycles. The molecule has 0 saturated heterocycles. The fourth-order valence-corrected chi connectivity index (χ4v) is 1.47. The zero-order chi connectivity index (χ0) is 10.1. The van der Waals surface area contributed by atoms with E-state index in [1.807, 2.05) is 0 Å². The molecular weight excluding hydrogens is 271 g/mol. The van der Waals surface area contributed by atoms with E-state index in [0.717, 1.165) is 0 Å². The van der Waals surface area contributed by atoms with Gasteiger partial charge in [0.25, 0.3) is 0 Å². The normalized spacial score (nSPS) is 10.4. The molecule has 2 heterocycles. The van der Waals surface area contributed by atoms with Crippen LogP contribution in [0.25, 0.3) is 11.5 Å². The highest BCUT2D eigenvalue weighted by Gasteiger charge is 2.10. The number of hydrogen-bond donors (Lipinski definition) is 1. The van der Waals surface area contributed by atoms with Gasteiger partial charge in [-0.3, -0.25) is 0 Å². The Morgan fingerprint density at radius 2 is 2.29 bits per heavy atom. The van der Waals surface area contributed by atoms with Gasteiger partial charge in [0, 0.05) is 0 Å². The third-order valence-corrected chi connectivity index (χ3v) is 2.33. The van der Waals surface area contributed by atoms with Gasteiger partial charge >= 0.3 is 0 Å². The lowest BCUT2D eigenvalue weighted by atomic mass is 10.3. The minimum Gasteiger partial charge on any atom is -0.448 e. The lowest BCUT2D eigenvalue weighted by Crippen LogP contribution is -1.90. The van der Waals surface area contributed by atoms with Crippen LogP contribution in [-0.2, 0) is 0 Å². The quantitative estimate of drug-likeness (QED) is 0.812. The summed E-state index contributed by atoms with van der Waals surface area (Å²) in [5.74, 6) is -0.202. The highest BCUT2D eigenvalue weighted by Crippen LogP contribution is 2.24. The average Bonchev–Trinajstić information content (AvgIpc) is 2.57. The van der Waals surface area contributed by atoms with E-state index in [1.54, 1.807) is 12.1 Å². The first-order valence-electron chi connectivity index (χ1n) is 3.67. The standard InChI is InChI=1S/C8H4BrFN2OS/c9-5-2-1-4(13-5)7-6(10)8(14)12-3-11-7/h1-3H,(H,11,12,14). The van der Waals surface area contributed by atoms with Crippen molar-refractivity contribution in [2.24, 2.45) is 0 Å². The summed E-state index contributed by atoms with van der Waals surface area (Å²) in [6, 6.07) is 3.31. The van der Waals surface area contributed by atoms with E-state index in [0.29, 0.717) is 10.4 Å². The molecule has 2 aromatic rings. The zero-order valence-corrected chi connectivity index (χ0v) is 9.15. The van der Waals surface area contributed by atoms with Crippen molar-refractivity contribution in [2.45, 2.75) is 0 Å². The van der Waals surface area contributed by atoms with Crippen molar-refractivity contribution < 1.29 is 8.81 Å². The Morgan fingerprint density at radius 3 is 2.93 bits per heavy atom. The van der Waals surface area contributed by atoms with Crippen LogP contribution in [0.15, 0.2) is 27.5 Å². The molecule has 72 valence electrons. The van der Waals surface area contributed by atoms with Crippen LogP contribution in [-0.4, -0.2) is 9.97 Å². The molecule has 14 heavy (non-hydrogen) atoms. The van der Waals surface area contributed by atoms with Crippen LogP contribution in [0.4, 0.5) is 4.39 Å². The van der Waals surface area contributed by atoms with Gasteiger partial charge in [-0.25, -0.2) is 9.37 Å². The van der Waals surface area contributed by atoms with E-state index in [4.69, 9.17) is 4.42 Å². The van der Waals surface area contributed by atoms with E-state index >= 15 is 0 Å². The van der Waals surface area contributed by atoms with Crippen LogP contribution in [0.5, 0.6) is 0 Å². The Bertz CT molecular complexity index is 522. The van der Waals surface area contributed by atoms with Gasteiger partial charge in [-0.05, 0) is 28.1 Å². The first-order chi connectivity index (χ1) is 6.68. The molecule has 6 heteroatoms. The van der Waals surface area contributed by atoms with Gasteiger partial charge in [0.05, 0.1) is 6.33 Å². The molecule has 0 spiro atoms. The number of hydrogen-bond acceptors (Lipinski definition) is 3. The van der Waals surface area contributed by atoms with Gasteiger partial charge in [0.2, 0.25) is 0 Å². The van der Waals surface area contributed by atoms with Crippen LogP contribution in [0.2, 0.25) is 0 Å². The number of aromatic amines is 1. The highest BCUT2D eigenvalue weighted by atomic mass is 79.9. The van der Waals surface area contributed by atoms with Crippen LogP contribution in [0.1, 0.15) is 0 Å². The van der Waals surface area contributed by atoms with Crippen molar-refractivity contribution in [1.29, 1.82) is 0 Å². The predicted octanol–water partition coefficient (Wildman–Crippen LogP) is 3.30. The molecule has 2 rings (SSSR count). The Hall–Kier alpha value is -1.01. The fourth-order valence-electron chi connectivity index (χ4n) is 1.01. The summed E-state index contributed by atoms with van der Waals surface area (Å²) in [6.07, 6.45) is 1.33. The molecule has 0 unspecified atom stereocenters. The molecular formula is C8H4BrFN2OS. The summed E-state index contributed by atoms with van der Waals surface area (Å²) >= 11 is 7.82. The van der Waals surface area contributed by atoms with Gasteiger partial charge in [-0.15, -0.1) is 0 Å². The fraction of sp³-hybridized carbons (Fsp3) is 0. The van der Waals surface area contributed by atoms with Crippen LogP contribution in [0, 0.1) is 10.5 Å². The topological polar surface area (TPSA) is 41.8 Å². The van der Waals surface area contributed by atoms with E-state index < -0.39 is 5.82 Å². The monoisotopic (exact) mass is 274 g/mol. The van der Waals surface area contributed by atoms with Gasteiger partial charge in [0.15, 0.2) is 20.9 Å². The molecule has 0 saturated carbocycles. The van der Waals surface area contributed by atoms with E-state index in [1.165, 1.54) is 6.33 Å². The second kappa shape index (κ2) is 3.62. The van der Waals surface area contributed by atoms with E-state index in [-0.39, 0.29) is 10.3 Å². The number of nitrogens with zero attached hydrogens (tertiary/aromatic N) is 1. The molecule has 0 aliphatic rings. The first kappa shape index (κ1) is 9.54. The van der Waals surface area contributed by atoms with Crippen molar-refractivity contribution in [3.8, 4) is 11.5 Å². The Balaban J connectivity index is 2.63. The highest BCUT2D eigenvalue weighted by molar-refractivity contribution is 9.10. The summed E-state index contributed by atoms with van der Waals surface area (Å²) in [5, 5.41) is 0. The molecule has 0 atom stereocenters. The van der Waals surface area contributed by atoms with Gasteiger partial charge < -0.3 is 9.40 Å². The lowest BCUT2D eigenvalue weighted by molar-refractivity contribution is 0.541. The van der Waals surface area contributed by atoms with E-state index in [9.17, 15) is 4.39 Å². The predicted molar refractivity (Wildman–Crippen MR) is 54.8 cm³/mol. The molecule has 0 aliphatic heterocycles. The molecule has 0 bridgehead atoms. The number of rotatable bonds is 1. The molecule has 1 N–H and O–H groups in total. The Morgan fingerprint density at radius 1 is 1.50 bits per heavy atom. The summed E-state index contributed by atoms with van der Waals surface area (Å²) in [4.78, 5) is 6.24. The molecule has 0 aromatic carbocycles. The number of aromatic nitrogens is 2. The van der Waals surface area contributed by atoms with Gasteiger partial charge in [-0.1, -0.05) is 12.2 Å². The van der Waals surface area contributed by atoms with Crippen molar-refractivity contribution in [3.05, 3.63) is 33.6 Å². The summed E-state index contributed by atoms with van der Waals surface area (Å²) < 4.78 is 19.1. The summed E-state index contributed by atoms with van der Waals surface area (Å²) in [6.45, 7) is 0. The average molecular weight is 275 g/mol. The first-order valence-corrected chi connectivity index (χ1v) is 4.87. The number of furan rings is 1. The molecule has 0 amide bonds. The second-order valence-electron chi connectivity index (χ2n) is 2.50. The third-order valence-electron chi connectivity index (χ3n) is 1.62. The third kappa shape index (κ3) is 1.62. The smallest absolute Gasteiger partial charge is 0.187 e. The number of nitrogens with one attached hydrogen (secondary N) is 1. The van der Waals surface area contributed by atoms with E-state index in [2.05, 4.69) is 38.1 Å². The van der Waals surface area contributed by atoms with Crippen molar-refractivity contribution in [3.63, 3.8) is 0 Å². The maximum Gasteiger partial charge on any atom is 0.187 e. The lowest BCUT2D eigenvalue weighted by Gasteiger charge is -1.97. The Labute approximate surface area is 92.1 Å². The number of H-pyrrole nitrogens is 1. The van der Waals surface area contributed by atoms with Crippen LogP contribution in [0.3, 0.4) is 0 Å². The number of halogens is 2. The second-order valence-corrected chi connectivity index (χ2v) is 3.67. The maximum atomic E-state index is 13.4. The summed E-state index contributed by atoms with van der Waals surface area (Å²) in [5.41, 5.74) is 0.204. The van der Waals surface area contributed by atoms with Crippen molar-refractivity contribution in [1.82, 2.24) is 9.97 Å². The molecule has 0 fully saturated rings. The van der Waals surface area contributed by atoms with Crippen LogP contribution < -0.4 is 0 Å². The zero-order valence-electron chi connectivity index (χ0n) is 6.75. The van der Waals surface area contributed by atoms with Crippen molar-refractivity contribution >= 4 is 28.1 Å². The maximum absolute atomic E-state index is 13.4. The van der Waals surface area contributed by atoms with Gasteiger partial charge in [-0.2, -0.15) is 0 Å². The van der Waals surface area contributed by atoms with Gasteiger partial charge in [0.1, 0.15) is 5.69 Å². The molecule has 3 nitrogen and oxygen atoms in total. The molecule has 0 aliphatic carbocycles. The molecule has 0 radical (unpaired) electrons. The Kier molecular flexibility index (Phi) is 2.47. The minimum atomic E-state index is -0.579. The van der Waals surface area contributed by atoms with Crippen molar-refractivity contribution in [2.75, 3.05) is 0 Å². The minimum absolute atomic E-state index is 0.0775.